The molecule has 2 aromatic rings. The van der Waals surface area contributed by atoms with Gasteiger partial charge in [0, 0.05) is 24.1 Å². The minimum Gasteiger partial charge on any atom is -0.507 e. The van der Waals surface area contributed by atoms with Crippen molar-refractivity contribution in [2.45, 2.75) is 24.8 Å². The number of urea groups is 1. The zero-order valence-corrected chi connectivity index (χ0v) is 15.8. The van der Waals surface area contributed by atoms with Crippen LogP contribution in [-0.4, -0.2) is 30.6 Å². The van der Waals surface area contributed by atoms with Crippen molar-refractivity contribution in [1.82, 2.24) is 15.0 Å². The van der Waals surface area contributed by atoms with Crippen LogP contribution < -0.4 is 15.4 Å². The van der Waals surface area contributed by atoms with Crippen LogP contribution in [0.25, 0.3) is 0 Å². The normalized spacial score (nSPS) is 11.2. The van der Waals surface area contributed by atoms with Crippen molar-refractivity contribution in [3.63, 3.8) is 0 Å². The van der Waals surface area contributed by atoms with E-state index in [2.05, 4.69) is 31.5 Å². The van der Waals surface area contributed by atoms with Crippen molar-refractivity contribution in [3.05, 3.63) is 41.1 Å². The van der Waals surface area contributed by atoms with E-state index in [9.17, 15) is 18.3 Å². The molecule has 0 bridgehead atoms. The molecule has 0 aliphatic carbocycles. The van der Waals surface area contributed by atoms with E-state index in [-0.39, 0.29) is 22.4 Å². The molecular weight excluding hydrogens is 412 g/mol. The maximum absolute atomic E-state index is 12.5. The Morgan fingerprint density at radius 1 is 1.28 bits per heavy atom. The highest BCUT2D eigenvalue weighted by Gasteiger charge is 2.22. The lowest BCUT2D eigenvalue weighted by molar-refractivity contribution is 0.243. The molecule has 8 nitrogen and oxygen atoms in total. The van der Waals surface area contributed by atoms with E-state index in [4.69, 9.17) is 0 Å². The van der Waals surface area contributed by atoms with Crippen LogP contribution in [0.4, 0.5) is 16.2 Å². The van der Waals surface area contributed by atoms with Crippen LogP contribution in [0.3, 0.4) is 0 Å². The smallest absolute Gasteiger partial charge is 0.328 e. The Labute approximate surface area is 153 Å². The molecule has 0 aliphatic rings. The molecule has 4 N–H and O–H groups in total. The molecule has 1 aromatic heterocycles. The predicted molar refractivity (Wildman–Crippen MR) is 97.3 cm³/mol. The van der Waals surface area contributed by atoms with Crippen molar-refractivity contribution in [2.75, 3.05) is 5.32 Å². The molecular formula is C15H17BrN4O4S. The topological polar surface area (TPSA) is 120 Å². The van der Waals surface area contributed by atoms with Gasteiger partial charge in [-0.15, -0.1) is 0 Å². The first kappa shape index (κ1) is 19.0. The van der Waals surface area contributed by atoms with E-state index >= 15 is 0 Å². The van der Waals surface area contributed by atoms with Gasteiger partial charge < -0.3 is 15.7 Å². The first-order valence-corrected chi connectivity index (χ1v) is 9.49. The van der Waals surface area contributed by atoms with E-state index in [1.807, 2.05) is 4.72 Å². The maximum atomic E-state index is 12.5. The average Bonchev–Trinajstić information content (AvgIpc) is 2.50. The van der Waals surface area contributed by atoms with Crippen LogP contribution in [0.5, 0.6) is 5.75 Å². The monoisotopic (exact) mass is 428 g/mol. The number of benzene rings is 1. The first-order chi connectivity index (χ1) is 11.7. The number of anilines is 2. The summed E-state index contributed by atoms with van der Waals surface area (Å²) < 4.78 is 27.3. The fourth-order valence-corrected chi connectivity index (χ4v) is 3.31. The number of carbonyl (C=O) groups excluding carboxylic acids is 1. The number of sulfonamides is 1. The SMILES string of the molecule is CC(C)NC(=O)NS(=O)(=O)c1cnccc1Nc1ccc(O)c(Br)c1. The van der Waals surface area contributed by atoms with Crippen LogP contribution in [0.2, 0.25) is 0 Å². The van der Waals surface area contributed by atoms with E-state index in [0.29, 0.717) is 10.2 Å². The summed E-state index contributed by atoms with van der Waals surface area (Å²) in [7, 11) is -4.12. The Kier molecular flexibility index (Phi) is 5.85. The number of nitrogens with zero attached hydrogens (tertiary/aromatic N) is 1. The summed E-state index contributed by atoms with van der Waals surface area (Å²) in [6, 6.07) is 5.06. The minimum absolute atomic E-state index is 0.0557. The van der Waals surface area contributed by atoms with Crippen LogP contribution in [0.1, 0.15) is 13.8 Å². The third-order valence-corrected chi connectivity index (χ3v) is 4.94. The van der Waals surface area contributed by atoms with Crippen molar-refractivity contribution in [1.29, 1.82) is 0 Å². The van der Waals surface area contributed by atoms with Gasteiger partial charge in [-0.25, -0.2) is 17.9 Å². The molecule has 0 fully saturated rings. The third kappa shape index (κ3) is 5.07. The number of amides is 2. The van der Waals surface area contributed by atoms with E-state index in [1.165, 1.54) is 18.3 Å². The third-order valence-electron chi connectivity index (χ3n) is 2.95. The molecule has 0 spiro atoms. The van der Waals surface area contributed by atoms with Crippen LogP contribution in [-0.2, 0) is 10.0 Å². The van der Waals surface area contributed by atoms with Gasteiger partial charge in [0.05, 0.1) is 10.2 Å². The van der Waals surface area contributed by atoms with Gasteiger partial charge in [0.25, 0.3) is 10.0 Å². The number of pyridine rings is 1. The fraction of sp³-hybridized carbons (Fsp3) is 0.200. The highest BCUT2D eigenvalue weighted by Crippen LogP contribution is 2.30. The summed E-state index contributed by atoms with van der Waals surface area (Å²) in [5, 5.41) is 14.9. The maximum Gasteiger partial charge on any atom is 0.328 e. The van der Waals surface area contributed by atoms with Crippen molar-refractivity contribution in [3.8, 4) is 5.75 Å². The summed E-state index contributed by atoms with van der Waals surface area (Å²) in [6.07, 6.45) is 2.56. The zero-order chi connectivity index (χ0) is 18.6. The number of hydrogen-bond donors (Lipinski definition) is 4. The number of phenolic OH excluding ortho intramolecular Hbond substituents is 1. The van der Waals surface area contributed by atoms with E-state index < -0.39 is 16.1 Å². The molecule has 0 atom stereocenters. The number of rotatable bonds is 5. The number of aromatic nitrogens is 1. The number of halogens is 1. The Balaban J connectivity index is 2.30. The standard InChI is InChI=1S/C15H17BrN4O4S/c1-9(2)18-15(22)20-25(23,24)14-8-17-6-5-12(14)19-10-3-4-13(21)11(16)7-10/h3-9,21H,1-2H3,(H,17,19)(H2,18,20,22). The summed E-state index contributed by atoms with van der Waals surface area (Å²) in [5.41, 5.74) is 0.774. The van der Waals surface area contributed by atoms with Gasteiger partial charge in [-0.05, 0) is 54.0 Å². The Hall–Kier alpha value is -2.33. The molecule has 0 aliphatic heterocycles. The highest BCUT2D eigenvalue weighted by molar-refractivity contribution is 9.10. The van der Waals surface area contributed by atoms with Crippen molar-refractivity contribution >= 4 is 43.4 Å². The molecule has 10 heteroatoms. The molecule has 1 heterocycles. The quantitative estimate of drug-likeness (QED) is 0.543. The number of phenols is 1. The Morgan fingerprint density at radius 2 is 2.00 bits per heavy atom. The second-order valence-corrected chi connectivity index (χ2v) is 7.90. The number of nitrogens with one attached hydrogen (secondary N) is 3. The van der Waals surface area contributed by atoms with Gasteiger partial charge in [0.15, 0.2) is 0 Å². The van der Waals surface area contributed by atoms with Crippen molar-refractivity contribution in [2.24, 2.45) is 0 Å². The zero-order valence-electron chi connectivity index (χ0n) is 13.4. The second kappa shape index (κ2) is 7.70. The molecule has 25 heavy (non-hydrogen) atoms. The first-order valence-electron chi connectivity index (χ1n) is 7.22. The van der Waals surface area contributed by atoms with Gasteiger partial charge in [-0.2, -0.15) is 0 Å². The van der Waals surface area contributed by atoms with Crippen molar-refractivity contribution < 1.29 is 18.3 Å². The lowest BCUT2D eigenvalue weighted by atomic mass is 10.3. The van der Waals surface area contributed by atoms with Crippen LogP contribution >= 0.6 is 15.9 Å². The Morgan fingerprint density at radius 3 is 2.64 bits per heavy atom. The molecule has 1 aromatic carbocycles. The molecule has 0 radical (unpaired) electrons. The van der Waals surface area contributed by atoms with Crippen LogP contribution in [0, 0.1) is 0 Å². The van der Waals surface area contributed by atoms with E-state index in [0.717, 1.165) is 6.20 Å². The molecule has 134 valence electrons. The van der Waals surface area contributed by atoms with Crippen LogP contribution in [0.15, 0.2) is 46.0 Å². The molecule has 0 unspecified atom stereocenters. The largest absolute Gasteiger partial charge is 0.507 e. The highest BCUT2D eigenvalue weighted by atomic mass is 79.9. The van der Waals surface area contributed by atoms with Gasteiger partial charge in [-0.1, -0.05) is 0 Å². The predicted octanol–water partition coefficient (Wildman–Crippen LogP) is 2.69. The number of carbonyl (C=O) groups is 1. The Bertz CT molecular complexity index is 887. The molecule has 2 rings (SSSR count). The summed E-state index contributed by atoms with van der Waals surface area (Å²) in [4.78, 5) is 15.3. The van der Waals surface area contributed by atoms with Gasteiger partial charge in [-0.3, -0.25) is 4.98 Å². The van der Waals surface area contributed by atoms with Gasteiger partial charge in [0.1, 0.15) is 10.6 Å². The van der Waals surface area contributed by atoms with E-state index in [1.54, 1.807) is 26.0 Å². The molecule has 2 amide bonds. The number of aromatic hydroxyl groups is 1. The summed E-state index contributed by atoms with van der Waals surface area (Å²) in [6.45, 7) is 3.43. The summed E-state index contributed by atoms with van der Waals surface area (Å²) >= 11 is 3.19. The molecule has 0 saturated carbocycles. The van der Waals surface area contributed by atoms with Gasteiger partial charge in [0.2, 0.25) is 0 Å². The average molecular weight is 429 g/mol. The van der Waals surface area contributed by atoms with Gasteiger partial charge >= 0.3 is 6.03 Å². The second-order valence-electron chi connectivity index (χ2n) is 5.40. The fourth-order valence-electron chi connectivity index (χ4n) is 1.91. The lowest BCUT2D eigenvalue weighted by Gasteiger charge is -2.14. The lowest BCUT2D eigenvalue weighted by Crippen LogP contribution is -2.42. The molecule has 0 saturated heterocycles. The summed E-state index contributed by atoms with van der Waals surface area (Å²) in [5.74, 6) is 0.0557. The number of hydrogen-bond acceptors (Lipinski definition) is 6. The minimum atomic E-state index is -4.12.